The van der Waals surface area contributed by atoms with E-state index in [4.69, 9.17) is 4.74 Å². The van der Waals surface area contributed by atoms with Gasteiger partial charge >= 0.3 is 0 Å². The number of aromatic nitrogens is 1. The Kier molecular flexibility index (Phi) is 7.03. The number of carbonyl (C=O) groups excluding carboxylic acids is 2. The molecule has 172 valence electrons. The molecule has 0 radical (unpaired) electrons. The lowest BCUT2D eigenvalue weighted by Gasteiger charge is -2.29. The van der Waals surface area contributed by atoms with E-state index in [-0.39, 0.29) is 24.1 Å². The summed E-state index contributed by atoms with van der Waals surface area (Å²) in [5, 5.41) is 8.71. The molecule has 6 nitrogen and oxygen atoms in total. The summed E-state index contributed by atoms with van der Waals surface area (Å²) in [5.41, 5.74) is 1.79. The summed E-state index contributed by atoms with van der Waals surface area (Å²) in [4.78, 5) is 29.1. The van der Waals surface area contributed by atoms with Gasteiger partial charge in [0.25, 0.3) is 0 Å². The van der Waals surface area contributed by atoms with Crippen LogP contribution in [0.4, 0.5) is 4.39 Å². The third-order valence-electron chi connectivity index (χ3n) is 5.91. The standard InChI is InChI=1S/C25H26FN3O3S/c1-32-19-8-7-18(20(26)13-19)14-25(12-10-23(31)29-25)11-9-22(30)27-15-24-28-21(16-33-24)17-5-3-2-4-6-17/h2-8,13,16H,9-12,14-15H2,1H3,(H,27,30)(H,29,31)/t25-/m1/s1. The minimum absolute atomic E-state index is 0.0689. The van der Waals surface area contributed by atoms with E-state index in [1.165, 1.54) is 24.5 Å². The second-order valence-electron chi connectivity index (χ2n) is 8.23. The number of nitrogens with one attached hydrogen (secondary N) is 2. The van der Waals surface area contributed by atoms with E-state index in [0.717, 1.165) is 16.3 Å². The van der Waals surface area contributed by atoms with E-state index in [9.17, 15) is 14.0 Å². The summed E-state index contributed by atoms with van der Waals surface area (Å²) in [6, 6.07) is 14.6. The Bertz CT molecular complexity index is 1130. The van der Waals surface area contributed by atoms with Crippen LogP contribution in [0.1, 0.15) is 36.3 Å². The van der Waals surface area contributed by atoms with Crippen molar-refractivity contribution < 1.29 is 18.7 Å². The minimum Gasteiger partial charge on any atom is -0.497 e. The number of amides is 2. The van der Waals surface area contributed by atoms with Gasteiger partial charge in [0.2, 0.25) is 11.8 Å². The summed E-state index contributed by atoms with van der Waals surface area (Å²) in [5.74, 6) is -0.127. The summed E-state index contributed by atoms with van der Waals surface area (Å²) in [6.45, 7) is 0.350. The highest BCUT2D eigenvalue weighted by Crippen LogP contribution is 2.31. The molecule has 0 unspecified atom stereocenters. The van der Waals surface area contributed by atoms with Crippen LogP contribution < -0.4 is 15.4 Å². The maximum absolute atomic E-state index is 14.5. The molecular weight excluding hydrogens is 441 g/mol. The van der Waals surface area contributed by atoms with Crippen molar-refractivity contribution in [1.29, 1.82) is 0 Å². The van der Waals surface area contributed by atoms with Gasteiger partial charge in [-0.2, -0.15) is 0 Å². The molecule has 1 aliphatic heterocycles. The van der Waals surface area contributed by atoms with Crippen LogP contribution in [0.3, 0.4) is 0 Å². The summed E-state index contributed by atoms with van der Waals surface area (Å²) >= 11 is 1.50. The van der Waals surface area contributed by atoms with Crippen LogP contribution in [-0.2, 0) is 22.6 Å². The first-order chi connectivity index (χ1) is 16.0. The zero-order chi connectivity index (χ0) is 23.3. The van der Waals surface area contributed by atoms with Crippen molar-refractivity contribution in [2.45, 2.75) is 44.2 Å². The molecule has 2 N–H and O–H groups in total. The summed E-state index contributed by atoms with van der Waals surface area (Å²) in [6.07, 6.45) is 1.94. The predicted octanol–water partition coefficient (Wildman–Crippen LogP) is 4.25. The van der Waals surface area contributed by atoms with Gasteiger partial charge in [0.1, 0.15) is 16.6 Å². The van der Waals surface area contributed by atoms with Gasteiger partial charge in [-0.15, -0.1) is 11.3 Å². The molecule has 1 fully saturated rings. The Morgan fingerprint density at radius 3 is 2.79 bits per heavy atom. The van der Waals surface area contributed by atoms with E-state index in [1.807, 2.05) is 35.7 Å². The molecule has 1 aromatic heterocycles. The van der Waals surface area contributed by atoms with Gasteiger partial charge in [0.15, 0.2) is 0 Å². The molecular formula is C25H26FN3O3S. The molecule has 8 heteroatoms. The minimum atomic E-state index is -0.633. The van der Waals surface area contributed by atoms with Crippen molar-refractivity contribution in [2.24, 2.45) is 0 Å². The zero-order valence-electron chi connectivity index (χ0n) is 18.4. The highest BCUT2D eigenvalue weighted by atomic mass is 32.1. The fourth-order valence-electron chi connectivity index (χ4n) is 4.09. The third kappa shape index (κ3) is 5.76. The zero-order valence-corrected chi connectivity index (χ0v) is 19.2. The first-order valence-corrected chi connectivity index (χ1v) is 11.7. The molecule has 0 saturated carbocycles. The monoisotopic (exact) mass is 467 g/mol. The van der Waals surface area contributed by atoms with Crippen LogP contribution in [0, 0.1) is 5.82 Å². The van der Waals surface area contributed by atoms with Crippen molar-refractivity contribution in [2.75, 3.05) is 7.11 Å². The largest absolute Gasteiger partial charge is 0.497 e. The van der Waals surface area contributed by atoms with E-state index < -0.39 is 5.54 Å². The summed E-state index contributed by atoms with van der Waals surface area (Å²) in [7, 11) is 1.49. The molecule has 3 aromatic rings. The molecule has 2 heterocycles. The smallest absolute Gasteiger partial charge is 0.220 e. The van der Waals surface area contributed by atoms with Crippen molar-refractivity contribution in [1.82, 2.24) is 15.6 Å². The lowest BCUT2D eigenvalue weighted by molar-refractivity contribution is -0.122. The number of hydrogen-bond acceptors (Lipinski definition) is 5. The molecule has 0 aliphatic carbocycles. The van der Waals surface area contributed by atoms with Gasteiger partial charge in [-0.05, 0) is 30.9 Å². The lowest BCUT2D eigenvalue weighted by Crippen LogP contribution is -2.44. The number of carbonyl (C=O) groups is 2. The Balaban J connectivity index is 1.34. The second-order valence-corrected chi connectivity index (χ2v) is 9.17. The molecule has 4 rings (SSSR count). The number of thiazole rings is 1. The Morgan fingerprint density at radius 1 is 1.27 bits per heavy atom. The highest BCUT2D eigenvalue weighted by Gasteiger charge is 2.38. The van der Waals surface area contributed by atoms with Gasteiger partial charge in [-0.1, -0.05) is 36.4 Å². The van der Waals surface area contributed by atoms with Gasteiger partial charge in [0.05, 0.1) is 19.3 Å². The quantitative estimate of drug-likeness (QED) is 0.493. The Labute approximate surface area is 196 Å². The Morgan fingerprint density at radius 2 is 2.09 bits per heavy atom. The molecule has 1 saturated heterocycles. The van der Waals surface area contributed by atoms with Gasteiger partial charge in [0, 0.05) is 35.4 Å². The topological polar surface area (TPSA) is 80.3 Å². The highest BCUT2D eigenvalue weighted by molar-refractivity contribution is 7.09. The van der Waals surface area contributed by atoms with Crippen LogP contribution in [0.25, 0.3) is 11.3 Å². The van der Waals surface area contributed by atoms with Crippen LogP contribution in [0.5, 0.6) is 5.75 Å². The second kappa shape index (κ2) is 10.1. The molecule has 1 aliphatic rings. The van der Waals surface area contributed by atoms with Gasteiger partial charge < -0.3 is 15.4 Å². The molecule has 33 heavy (non-hydrogen) atoms. The summed E-state index contributed by atoms with van der Waals surface area (Å²) < 4.78 is 19.6. The van der Waals surface area contributed by atoms with Crippen LogP contribution in [-0.4, -0.2) is 29.4 Å². The Hall–Kier alpha value is -3.26. The average molecular weight is 468 g/mol. The fourth-order valence-corrected chi connectivity index (χ4v) is 4.84. The first kappa shape index (κ1) is 22.9. The van der Waals surface area contributed by atoms with E-state index in [2.05, 4.69) is 15.6 Å². The number of rotatable bonds is 9. The van der Waals surface area contributed by atoms with Gasteiger partial charge in [-0.3, -0.25) is 9.59 Å². The van der Waals surface area contributed by atoms with Crippen molar-refractivity contribution >= 4 is 23.2 Å². The number of halogens is 1. The van der Waals surface area contributed by atoms with E-state index in [1.54, 1.807) is 12.1 Å². The van der Waals surface area contributed by atoms with E-state index >= 15 is 0 Å². The van der Waals surface area contributed by atoms with Crippen molar-refractivity contribution in [3.05, 3.63) is 70.3 Å². The first-order valence-electron chi connectivity index (χ1n) is 10.9. The lowest BCUT2D eigenvalue weighted by atomic mass is 9.84. The number of hydrogen-bond donors (Lipinski definition) is 2. The molecule has 0 spiro atoms. The maximum atomic E-state index is 14.5. The van der Waals surface area contributed by atoms with Crippen LogP contribution in [0.2, 0.25) is 0 Å². The number of nitrogens with zero attached hydrogens (tertiary/aromatic N) is 1. The number of ether oxygens (including phenoxy) is 1. The number of benzene rings is 2. The third-order valence-corrected chi connectivity index (χ3v) is 6.76. The molecule has 0 bridgehead atoms. The van der Waals surface area contributed by atoms with Crippen LogP contribution in [0.15, 0.2) is 53.9 Å². The van der Waals surface area contributed by atoms with Gasteiger partial charge in [-0.25, -0.2) is 9.37 Å². The molecule has 2 amide bonds. The SMILES string of the molecule is COc1ccc(C[C@@]2(CCC(=O)NCc3nc(-c4ccccc4)cs3)CCC(=O)N2)c(F)c1. The predicted molar refractivity (Wildman–Crippen MR) is 125 cm³/mol. The molecule has 1 atom stereocenters. The van der Waals surface area contributed by atoms with Crippen molar-refractivity contribution in [3.63, 3.8) is 0 Å². The van der Waals surface area contributed by atoms with E-state index in [0.29, 0.717) is 43.5 Å². The molecule has 2 aromatic carbocycles. The number of methoxy groups -OCH3 is 1. The van der Waals surface area contributed by atoms with Crippen molar-refractivity contribution in [3.8, 4) is 17.0 Å². The van der Waals surface area contributed by atoms with Crippen LogP contribution >= 0.6 is 11.3 Å². The fraction of sp³-hybridized carbons (Fsp3) is 0.320. The normalized spacial score (nSPS) is 17.6. The maximum Gasteiger partial charge on any atom is 0.220 e. The average Bonchev–Trinajstić information content (AvgIpc) is 3.45.